The molecule has 0 aliphatic carbocycles. The standard InChI is InChI=1S/C48H68N8O12S3/c1-8-13-40(59)68-27-55(47(63)41(29(5)9-2)53-44(62)36-14-10-11-21-54(36)7)38(28(3)4)24-39(58)46-52-34(25-69-46)43(61)50-32(23-31-16-18-33(57)19-17-31)22-30(6)42(60)51-35(48(64)65)26-70-71-45-37(56(66)67)15-12-20-49-45/h12,15-20,25,28-30,32,35-36,38-39,41,57-58H,8-11,13-14,21-24,26-27H2,1-7H3,(H,50,61)(H,51,60)(H,53,62)(H,64,65)/t29?,30-,32+,35-,36+,38+,39+,41-/m0/s1. The number of pyridine rings is 1. The minimum atomic E-state index is -1.36. The highest BCUT2D eigenvalue weighted by atomic mass is 33.1. The van der Waals surface area contributed by atoms with Gasteiger partial charge in [0.1, 0.15) is 34.6 Å². The number of phenols is 1. The van der Waals surface area contributed by atoms with Crippen LogP contribution in [0.1, 0.15) is 120 Å². The molecule has 71 heavy (non-hydrogen) atoms. The molecule has 0 saturated carbocycles. The Bertz CT molecular complexity index is 2270. The number of phenolic OH excluding ortho intramolecular Hbond substituents is 1. The van der Waals surface area contributed by atoms with Crippen LogP contribution in [0.3, 0.4) is 0 Å². The van der Waals surface area contributed by atoms with E-state index >= 15 is 0 Å². The molecule has 0 spiro atoms. The third-order valence-electron chi connectivity index (χ3n) is 12.4. The Balaban J connectivity index is 1.51. The summed E-state index contributed by atoms with van der Waals surface area (Å²) in [4.78, 5) is 103. The number of aromatic hydroxyl groups is 1. The molecule has 3 heterocycles. The largest absolute Gasteiger partial charge is 0.508 e. The number of carboxylic acid groups (broad SMARTS) is 1. The molecule has 1 unspecified atom stereocenters. The number of piperidine rings is 1. The molecule has 0 radical (unpaired) electrons. The highest BCUT2D eigenvalue weighted by Crippen LogP contribution is 2.36. The average molecular weight is 1050 g/mol. The van der Waals surface area contributed by atoms with Gasteiger partial charge in [0.15, 0.2) is 11.8 Å². The van der Waals surface area contributed by atoms with Crippen molar-refractivity contribution in [3.63, 3.8) is 0 Å². The smallest absolute Gasteiger partial charge is 0.327 e. The maximum atomic E-state index is 14.7. The second kappa shape index (κ2) is 28.6. The van der Waals surface area contributed by atoms with E-state index in [1.807, 2.05) is 46.6 Å². The number of carbonyl (C=O) groups excluding carboxylic acids is 5. The number of hydrogen-bond donors (Lipinski definition) is 6. The average Bonchev–Trinajstić information content (AvgIpc) is 3.84. The summed E-state index contributed by atoms with van der Waals surface area (Å²) < 4.78 is 5.63. The Morgan fingerprint density at radius 2 is 1.75 bits per heavy atom. The van der Waals surface area contributed by atoms with Gasteiger partial charge in [0.25, 0.3) is 5.91 Å². The van der Waals surface area contributed by atoms with E-state index in [-0.39, 0.29) is 76.3 Å². The van der Waals surface area contributed by atoms with Crippen LogP contribution in [-0.4, -0.2) is 132 Å². The van der Waals surface area contributed by atoms with Crippen LogP contribution in [0.2, 0.25) is 0 Å². The number of aliphatic hydroxyl groups excluding tert-OH is 1. The van der Waals surface area contributed by atoms with Crippen molar-refractivity contribution in [2.75, 3.05) is 26.1 Å². The molecule has 23 heteroatoms. The van der Waals surface area contributed by atoms with E-state index in [1.54, 1.807) is 19.1 Å². The number of carbonyl (C=O) groups is 6. The van der Waals surface area contributed by atoms with E-state index < -0.39 is 83.5 Å². The summed E-state index contributed by atoms with van der Waals surface area (Å²) in [6, 6.07) is 4.87. The molecule has 390 valence electrons. The number of nitrogens with zero attached hydrogens (tertiary/aromatic N) is 5. The van der Waals surface area contributed by atoms with Gasteiger partial charge in [0.2, 0.25) is 17.7 Å². The fraction of sp³-hybridized carbons (Fsp3) is 0.583. The van der Waals surface area contributed by atoms with E-state index in [4.69, 9.17) is 4.74 Å². The molecule has 1 fully saturated rings. The SMILES string of the molecule is CCCC(=O)OCN(C(=O)[C@@H](NC(=O)[C@H]1CCCCN1C)C(C)CC)[C@H](C[C@@H](O)c1nc(C(=O)N[C@@H](Cc2ccc(O)cc2)C[C@H](C)C(=O)N[C@@H](CSSc2ncccc2[N+](=O)[O-])C(=O)O)cs1)C(C)C. The number of nitrogens with one attached hydrogen (secondary N) is 3. The number of likely N-dealkylation sites (tertiary alicyclic amines) is 1. The molecular formula is C48H68N8O12S3. The number of esters is 1. The summed E-state index contributed by atoms with van der Waals surface area (Å²) in [6.07, 6.45) is 4.06. The van der Waals surface area contributed by atoms with E-state index in [9.17, 15) is 54.2 Å². The van der Waals surface area contributed by atoms with Gasteiger partial charge in [-0.05, 0) is 92.1 Å². The number of aromatic nitrogens is 2. The van der Waals surface area contributed by atoms with Gasteiger partial charge in [0.05, 0.1) is 11.0 Å². The Labute approximate surface area is 426 Å². The van der Waals surface area contributed by atoms with Crippen molar-refractivity contribution in [1.29, 1.82) is 0 Å². The predicted molar refractivity (Wildman–Crippen MR) is 270 cm³/mol. The van der Waals surface area contributed by atoms with Crippen LogP contribution in [0.4, 0.5) is 5.69 Å². The van der Waals surface area contributed by atoms with E-state index in [1.165, 1.54) is 40.7 Å². The molecule has 1 saturated heterocycles. The first kappa shape index (κ1) is 58.2. The van der Waals surface area contributed by atoms with Gasteiger partial charge in [-0.25, -0.2) is 14.8 Å². The lowest BCUT2D eigenvalue weighted by Gasteiger charge is -2.39. The molecule has 1 aromatic carbocycles. The maximum Gasteiger partial charge on any atom is 0.327 e. The predicted octanol–water partition coefficient (Wildman–Crippen LogP) is 6.12. The van der Waals surface area contributed by atoms with Gasteiger partial charge in [-0.2, -0.15) is 0 Å². The lowest BCUT2D eigenvalue weighted by Crippen LogP contribution is -2.59. The van der Waals surface area contributed by atoms with Gasteiger partial charge in [-0.15, -0.1) is 11.3 Å². The molecule has 4 amide bonds. The maximum absolute atomic E-state index is 14.7. The summed E-state index contributed by atoms with van der Waals surface area (Å²) in [5.74, 6) is -5.27. The highest BCUT2D eigenvalue weighted by molar-refractivity contribution is 8.76. The third-order valence-corrected chi connectivity index (χ3v) is 15.6. The normalized spacial score (nSPS) is 16.9. The molecule has 1 aliphatic rings. The molecule has 3 aromatic rings. The Kier molecular flexibility index (Phi) is 23.5. The molecule has 6 N–H and O–H groups in total. The molecule has 4 rings (SSSR count). The zero-order chi connectivity index (χ0) is 52.4. The van der Waals surface area contributed by atoms with E-state index in [0.717, 1.165) is 52.3 Å². The number of rotatable bonds is 28. The summed E-state index contributed by atoms with van der Waals surface area (Å²) in [5, 5.41) is 53.2. The lowest BCUT2D eigenvalue weighted by atomic mass is 9.92. The monoisotopic (exact) mass is 1040 g/mol. The second-order valence-electron chi connectivity index (χ2n) is 18.2. The third kappa shape index (κ3) is 17.7. The number of hydrogen-bond acceptors (Lipinski definition) is 17. The van der Waals surface area contributed by atoms with E-state index in [2.05, 4.69) is 25.9 Å². The number of aliphatic hydroxyl groups is 1. The van der Waals surface area contributed by atoms with Crippen molar-refractivity contribution in [1.82, 2.24) is 35.7 Å². The lowest BCUT2D eigenvalue weighted by molar-refractivity contribution is -0.388. The van der Waals surface area contributed by atoms with Crippen molar-refractivity contribution in [2.24, 2.45) is 17.8 Å². The number of ether oxygens (including phenoxy) is 1. The zero-order valence-electron chi connectivity index (χ0n) is 41.3. The zero-order valence-corrected chi connectivity index (χ0v) is 43.7. The minimum absolute atomic E-state index is 0.0264. The molecule has 0 bridgehead atoms. The number of nitro groups is 1. The first-order chi connectivity index (χ1) is 33.7. The van der Waals surface area contributed by atoms with Crippen LogP contribution in [0, 0.1) is 27.9 Å². The fourth-order valence-electron chi connectivity index (χ4n) is 8.03. The van der Waals surface area contributed by atoms with Gasteiger partial charge < -0.3 is 40.9 Å². The quantitative estimate of drug-likeness (QED) is 0.0157. The van der Waals surface area contributed by atoms with Crippen molar-refractivity contribution in [3.8, 4) is 5.75 Å². The second-order valence-corrected chi connectivity index (χ2v) is 21.5. The van der Waals surface area contributed by atoms with Crippen LogP contribution >= 0.6 is 32.9 Å². The summed E-state index contributed by atoms with van der Waals surface area (Å²) in [5.41, 5.74) is 0.447. The number of amides is 4. The number of aliphatic carboxylic acids is 1. The molecule has 1 aliphatic heterocycles. The Hall–Kier alpha value is -5.36. The number of benzene rings is 1. The fourth-order valence-corrected chi connectivity index (χ4v) is 11.0. The molecular weight excluding hydrogens is 977 g/mol. The highest BCUT2D eigenvalue weighted by Gasteiger charge is 2.39. The first-order valence-corrected chi connectivity index (χ1v) is 27.0. The Morgan fingerprint density at radius 1 is 1.03 bits per heavy atom. The van der Waals surface area contributed by atoms with Crippen molar-refractivity contribution in [2.45, 2.75) is 141 Å². The van der Waals surface area contributed by atoms with E-state index in [0.29, 0.717) is 24.8 Å². The minimum Gasteiger partial charge on any atom is -0.508 e. The number of carboxylic acids is 1. The van der Waals surface area contributed by atoms with Gasteiger partial charge in [-0.1, -0.05) is 77.3 Å². The van der Waals surface area contributed by atoms with Crippen LogP contribution < -0.4 is 16.0 Å². The number of thiazole rings is 1. The van der Waals surface area contributed by atoms with Crippen LogP contribution in [-0.2, 0) is 35.1 Å². The molecule has 8 atom stereocenters. The van der Waals surface area contributed by atoms with Gasteiger partial charge in [0, 0.05) is 54.2 Å². The summed E-state index contributed by atoms with van der Waals surface area (Å²) >= 11 is 1.03. The van der Waals surface area contributed by atoms with Gasteiger partial charge >= 0.3 is 17.6 Å². The van der Waals surface area contributed by atoms with Crippen LogP contribution in [0.15, 0.2) is 53.0 Å². The Morgan fingerprint density at radius 3 is 2.38 bits per heavy atom. The van der Waals surface area contributed by atoms with Crippen LogP contribution in [0.5, 0.6) is 5.75 Å². The molecule has 20 nitrogen and oxygen atoms in total. The summed E-state index contributed by atoms with van der Waals surface area (Å²) in [6.45, 7) is 11.3. The van der Waals surface area contributed by atoms with Crippen molar-refractivity contribution >= 4 is 74.2 Å². The van der Waals surface area contributed by atoms with Crippen molar-refractivity contribution in [3.05, 3.63) is 74.4 Å². The topological polar surface area (TPSA) is 284 Å². The van der Waals surface area contributed by atoms with Gasteiger partial charge in [-0.3, -0.25) is 39.0 Å². The number of likely N-dealkylation sites (N-methyl/N-ethyl adjacent to an activating group) is 1. The van der Waals surface area contributed by atoms with Crippen LogP contribution in [0.25, 0.3) is 0 Å². The van der Waals surface area contributed by atoms with Crippen molar-refractivity contribution < 1.29 is 53.7 Å². The molecule has 2 aromatic heterocycles. The summed E-state index contributed by atoms with van der Waals surface area (Å²) in [7, 11) is 3.78. The first-order valence-electron chi connectivity index (χ1n) is 23.8.